The minimum atomic E-state index is -0.643. The fraction of sp³-hybridized carbons (Fsp3) is 0.296. The molecule has 35 heavy (non-hydrogen) atoms. The summed E-state index contributed by atoms with van der Waals surface area (Å²) in [5, 5.41) is 16.0. The fourth-order valence-corrected chi connectivity index (χ4v) is 3.95. The van der Waals surface area contributed by atoms with Gasteiger partial charge in [-0.1, -0.05) is 29.8 Å². The molecule has 0 saturated carbocycles. The van der Waals surface area contributed by atoms with Crippen molar-refractivity contribution in [3.05, 3.63) is 95.0 Å². The molecule has 0 unspecified atom stereocenters. The normalized spacial score (nSPS) is 12.3. The smallest absolute Gasteiger partial charge is 0.227 e. The largest absolute Gasteiger partial charge is 0.468 e. The van der Waals surface area contributed by atoms with E-state index in [9.17, 15) is 5.11 Å². The number of rotatable bonds is 12. The summed E-state index contributed by atoms with van der Waals surface area (Å²) in [5.74, 6) is 2.07. The Morgan fingerprint density at radius 1 is 1.06 bits per heavy atom. The van der Waals surface area contributed by atoms with Gasteiger partial charge in [0.2, 0.25) is 5.88 Å². The molecule has 4 aromatic rings. The van der Waals surface area contributed by atoms with Crippen molar-refractivity contribution in [1.29, 1.82) is 0 Å². The second-order valence-corrected chi connectivity index (χ2v) is 8.67. The summed E-state index contributed by atoms with van der Waals surface area (Å²) >= 11 is 6.08. The van der Waals surface area contributed by atoms with Gasteiger partial charge in [-0.25, -0.2) is 4.68 Å². The summed E-state index contributed by atoms with van der Waals surface area (Å²) in [4.78, 5) is 2.11. The maximum atomic E-state index is 10.6. The first kappa shape index (κ1) is 25.0. The van der Waals surface area contributed by atoms with Gasteiger partial charge in [0.15, 0.2) is 0 Å². The van der Waals surface area contributed by atoms with Crippen LogP contribution in [-0.4, -0.2) is 45.6 Å². The fourth-order valence-electron chi connectivity index (χ4n) is 3.82. The molecule has 184 valence electrons. The lowest BCUT2D eigenvalue weighted by atomic mass is 10.2. The van der Waals surface area contributed by atoms with Crippen molar-refractivity contribution < 1.29 is 19.0 Å². The summed E-state index contributed by atoms with van der Waals surface area (Å²) in [6.45, 7) is 6.11. The maximum Gasteiger partial charge on any atom is 0.227 e. The minimum Gasteiger partial charge on any atom is -0.468 e. The third-order valence-corrected chi connectivity index (χ3v) is 5.74. The average molecular weight is 496 g/mol. The number of aromatic nitrogens is 2. The number of aliphatic hydroxyl groups is 1. The predicted octanol–water partition coefficient (Wildman–Crippen LogP) is 5.62. The molecule has 0 bridgehead atoms. The summed E-state index contributed by atoms with van der Waals surface area (Å²) < 4.78 is 19.2. The van der Waals surface area contributed by atoms with Gasteiger partial charge in [0, 0.05) is 24.7 Å². The van der Waals surface area contributed by atoms with Crippen molar-refractivity contribution >= 4 is 11.6 Å². The van der Waals surface area contributed by atoms with Crippen LogP contribution in [0.1, 0.15) is 23.9 Å². The van der Waals surface area contributed by atoms with E-state index in [4.69, 9.17) is 30.6 Å². The van der Waals surface area contributed by atoms with Crippen molar-refractivity contribution in [3.63, 3.8) is 0 Å². The molecule has 0 spiro atoms. The van der Waals surface area contributed by atoms with E-state index in [2.05, 4.69) is 4.90 Å². The molecule has 1 N–H and O–H groups in total. The van der Waals surface area contributed by atoms with Crippen LogP contribution in [0.5, 0.6) is 11.6 Å². The number of ether oxygens (including phenoxy) is 2. The second-order valence-electron chi connectivity index (χ2n) is 8.23. The molecule has 0 aliphatic rings. The van der Waals surface area contributed by atoms with E-state index in [1.165, 1.54) is 0 Å². The Morgan fingerprint density at radius 3 is 2.51 bits per heavy atom. The third-order valence-electron chi connectivity index (χ3n) is 5.49. The third kappa shape index (κ3) is 6.74. The number of para-hydroxylation sites is 1. The highest BCUT2D eigenvalue weighted by Gasteiger charge is 2.23. The summed E-state index contributed by atoms with van der Waals surface area (Å²) in [6.07, 6.45) is 1.01. The zero-order valence-corrected chi connectivity index (χ0v) is 20.7. The van der Waals surface area contributed by atoms with E-state index in [1.807, 2.05) is 68.4 Å². The van der Waals surface area contributed by atoms with Crippen molar-refractivity contribution in [2.75, 3.05) is 19.8 Å². The lowest BCUT2D eigenvalue weighted by molar-refractivity contribution is 0.0166. The first-order valence-corrected chi connectivity index (χ1v) is 12.0. The molecule has 0 saturated heterocycles. The van der Waals surface area contributed by atoms with Gasteiger partial charge in [-0.05, 0) is 62.4 Å². The quantitative estimate of drug-likeness (QED) is 0.275. The highest BCUT2D eigenvalue weighted by molar-refractivity contribution is 6.30. The Balaban J connectivity index is 1.68. The highest BCUT2D eigenvalue weighted by atomic mass is 35.5. The Bertz CT molecular complexity index is 1180. The number of hydrogen-bond donors (Lipinski definition) is 1. The second kappa shape index (κ2) is 12.0. The summed E-state index contributed by atoms with van der Waals surface area (Å²) in [5.41, 5.74) is 2.64. The van der Waals surface area contributed by atoms with Crippen molar-refractivity contribution in [2.24, 2.45) is 0 Å². The van der Waals surface area contributed by atoms with Gasteiger partial charge < -0.3 is 19.0 Å². The Morgan fingerprint density at radius 2 is 1.83 bits per heavy atom. The van der Waals surface area contributed by atoms with Crippen molar-refractivity contribution in [3.8, 4) is 17.3 Å². The molecule has 2 aromatic heterocycles. The van der Waals surface area contributed by atoms with Gasteiger partial charge in [0.05, 0.1) is 42.5 Å². The van der Waals surface area contributed by atoms with E-state index < -0.39 is 6.10 Å². The van der Waals surface area contributed by atoms with Crippen LogP contribution in [0, 0.1) is 6.92 Å². The average Bonchev–Trinajstić information content (AvgIpc) is 3.48. The summed E-state index contributed by atoms with van der Waals surface area (Å²) in [6, 6.07) is 20.9. The molecule has 4 rings (SSSR count). The van der Waals surface area contributed by atoms with Crippen LogP contribution in [0.3, 0.4) is 0 Å². The maximum absolute atomic E-state index is 10.6. The van der Waals surface area contributed by atoms with Gasteiger partial charge >= 0.3 is 0 Å². The molecule has 0 aliphatic heterocycles. The number of furan rings is 1. The SMILES string of the molecule is CCOC[C@@H](O)CN(Cc1ccco1)Cc1c(C)nn(-c2ccccc2)c1Oc1ccc(Cl)cc1. The Labute approximate surface area is 210 Å². The highest BCUT2D eigenvalue weighted by Crippen LogP contribution is 2.32. The molecule has 7 nitrogen and oxygen atoms in total. The van der Waals surface area contributed by atoms with Crippen molar-refractivity contribution in [2.45, 2.75) is 33.0 Å². The molecule has 2 heterocycles. The van der Waals surface area contributed by atoms with Gasteiger partial charge in [-0.2, -0.15) is 5.10 Å². The lowest BCUT2D eigenvalue weighted by Crippen LogP contribution is -2.34. The van der Waals surface area contributed by atoms with Crippen molar-refractivity contribution in [1.82, 2.24) is 14.7 Å². The number of benzene rings is 2. The zero-order chi connectivity index (χ0) is 24.6. The number of hydrogen-bond acceptors (Lipinski definition) is 6. The van der Waals surface area contributed by atoms with Crippen LogP contribution in [0.25, 0.3) is 5.69 Å². The number of halogens is 1. The van der Waals surface area contributed by atoms with Gasteiger partial charge in [-0.3, -0.25) is 4.90 Å². The van der Waals surface area contributed by atoms with Crippen LogP contribution in [0.15, 0.2) is 77.4 Å². The zero-order valence-electron chi connectivity index (χ0n) is 19.9. The predicted molar refractivity (Wildman–Crippen MR) is 135 cm³/mol. The van der Waals surface area contributed by atoms with E-state index in [-0.39, 0.29) is 6.61 Å². The van der Waals surface area contributed by atoms with Crippen LogP contribution >= 0.6 is 11.6 Å². The van der Waals surface area contributed by atoms with Gasteiger partial charge in [-0.15, -0.1) is 0 Å². The molecule has 1 atom stereocenters. The van der Waals surface area contributed by atoms with E-state index >= 15 is 0 Å². The molecule has 0 fully saturated rings. The minimum absolute atomic E-state index is 0.265. The standard InChI is InChI=1S/C27H30ClN3O4/c1-3-33-19-23(32)16-30(17-25-10-7-15-34-25)18-26-20(2)29-31(22-8-5-4-6-9-22)27(26)35-24-13-11-21(28)12-14-24/h4-15,23,32H,3,16-19H2,1-2H3/t23-/m0/s1. The molecule has 8 heteroatoms. The first-order valence-electron chi connectivity index (χ1n) is 11.6. The number of nitrogens with zero attached hydrogens (tertiary/aromatic N) is 3. The Hall–Kier alpha value is -3.10. The van der Waals surface area contributed by atoms with Crippen LogP contribution in [-0.2, 0) is 17.8 Å². The van der Waals surface area contributed by atoms with Crippen LogP contribution < -0.4 is 4.74 Å². The number of aryl methyl sites for hydroxylation is 1. The van der Waals surface area contributed by atoms with Crippen LogP contribution in [0.2, 0.25) is 5.02 Å². The molecule has 0 amide bonds. The molecule has 2 aromatic carbocycles. The molecular formula is C27H30ClN3O4. The summed E-state index contributed by atoms with van der Waals surface area (Å²) in [7, 11) is 0. The van der Waals surface area contributed by atoms with Gasteiger partial charge in [0.25, 0.3) is 0 Å². The van der Waals surface area contributed by atoms with E-state index in [1.54, 1.807) is 23.1 Å². The molecular weight excluding hydrogens is 466 g/mol. The monoisotopic (exact) mass is 495 g/mol. The van der Waals surface area contributed by atoms with Crippen LogP contribution in [0.4, 0.5) is 0 Å². The molecule has 0 aliphatic carbocycles. The number of aliphatic hydroxyl groups excluding tert-OH is 1. The molecule has 0 radical (unpaired) electrons. The lowest BCUT2D eigenvalue weighted by Gasteiger charge is -2.24. The van der Waals surface area contributed by atoms with E-state index in [0.717, 1.165) is 22.7 Å². The topological polar surface area (TPSA) is 72.9 Å². The first-order chi connectivity index (χ1) is 17.0. The van der Waals surface area contributed by atoms with Gasteiger partial charge in [0.1, 0.15) is 11.5 Å². The van der Waals surface area contributed by atoms with E-state index in [0.29, 0.717) is 42.9 Å². The Kier molecular flexibility index (Phi) is 8.60.